The van der Waals surface area contributed by atoms with Crippen molar-refractivity contribution < 1.29 is 19.1 Å². The summed E-state index contributed by atoms with van der Waals surface area (Å²) in [6.45, 7) is 0.589. The molecule has 3 rings (SSSR count). The lowest BCUT2D eigenvalue weighted by atomic mass is 10.0. The molecule has 2 aromatic rings. The fraction of sp³-hybridized carbons (Fsp3) is 0.316. The van der Waals surface area contributed by atoms with E-state index >= 15 is 0 Å². The quantitative estimate of drug-likeness (QED) is 0.822. The van der Waals surface area contributed by atoms with Crippen molar-refractivity contribution in [1.29, 1.82) is 5.26 Å². The molecular formula is C19H20N4O4. The molecule has 8 heteroatoms. The van der Waals surface area contributed by atoms with Gasteiger partial charge in [0.05, 0.1) is 18.4 Å². The van der Waals surface area contributed by atoms with Gasteiger partial charge < -0.3 is 24.7 Å². The van der Waals surface area contributed by atoms with Crippen LogP contribution < -0.4 is 10.6 Å². The molecule has 2 N–H and O–H groups in total. The van der Waals surface area contributed by atoms with Crippen molar-refractivity contribution in [3.63, 3.8) is 0 Å². The van der Waals surface area contributed by atoms with E-state index in [1.54, 1.807) is 4.90 Å². The maximum atomic E-state index is 12.4. The summed E-state index contributed by atoms with van der Waals surface area (Å²) in [4.78, 5) is 26.3. The van der Waals surface area contributed by atoms with Crippen molar-refractivity contribution in [3.8, 4) is 11.8 Å². The summed E-state index contributed by atoms with van der Waals surface area (Å²) in [5.41, 5.74) is 8.70. The number of ether oxygens (including phenoxy) is 2. The van der Waals surface area contributed by atoms with E-state index in [9.17, 15) is 14.9 Å². The molecule has 2 heterocycles. The highest BCUT2D eigenvalue weighted by Crippen LogP contribution is 2.32. The zero-order valence-electron chi connectivity index (χ0n) is 15.2. The van der Waals surface area contributed by atoms with Crippen LogP contribution in [0.3, 0.4) is 0 Å². The second kappa shape index (κ2) is 7.51. The SMILES string of the molecule is COCC(=O)N1CCCc2ccc(-n3cc(C#N)c(N)c3C(=O)OC)cc21. The zero-order chi connectivity index (χ0) is 19.6. The number of esters is 1. The summed E-state index contributed by atoms with van der Waals surface area (Å²) < 4.78 is 11.3. The summed E-state index contributed by atoms with van der Waals surface area (Å²) >= 11 is 0. The average molecular weight is 368 g/mol. The van der Waals surface area contributed by atoms with Crippen LogP contribution in [-0.2, 0) is 20.7 Å². The summed E-state index contributed by atoms with van der Waals surface area (Å²) in [5, 5.41) is 9.26. The molecule has 1 amide bonds. The van der Waals surface area contributed by atoms with Gasteiger partial charge in [0.2, 0.25) is 0 Å². The number of aromatic nitrogens is 1. The number of methoxy groups -OCH3 is 2. The molecule has 1 aromatic heterocycles. The van der Waals surface area contributed by atoms with Gasteiger partial charge in [-0.2, -0.15) is 5.26 Å². The van der Waals surface area contributed by atoms with E-state index in [0.29, 0.717) is 12.2 Å². The van der Waals surface area contributed by atoms with Crippen LogP contribution in [0.5, 0.6) is 0 Å². The third kappa shape index (κ3) is 3.25. The van der Waals surface area contributed by atoms with Crippen LogP contribution in [-0.4, -0.2) is 43.8 Å². The van der Waals surface area contributed by atoms with Gasteiger partial charge in [-0.25, -0.2) is 4.79 Å². The Morgan fingerprint density at radius 2 is 2.11 bits per heavy atom. The highest BCUT2D eigenvalue weighted by molar-refractivity contribution is 5.97. The number of nitriles is 1. The van der Waals surface area contributed by atoms with Crippen LogP contribution >= 0.6 is 0 Å². The van der Waals surface area contributed by atoms with Crippen molar-refractivity contribution >= 4 is 23.3 Å². The summed E-state index contributed by atoms with van der Waals surface area (Å²) in [6, 6.07) is 7.54. The van der Waals surface area contributed by atoms with Crippen LogP contribution in [0.15, 0.2) is 24.4 Å². The number of hydrogen-bond acceptors (Lipinski definition) is 6. The fourth-order valence-electron chi connectivity index (χ4n) is 3.29. The maximum absolute atomic E-state index is 12.4. The number of benzene rings is 1. The summed E-state index contributed by atoms with van der Waals surface area (Å²) in [7, 11) is 2.73. The van der Waals surface area contributed by atoms with E-state index in [1.165, 1.54) is 25.0 Å². The molecule has 1 aromatic carbocycles. The highest BCUT2D eigenvalue weighted by Gasteiger charge is 2.25. The van der Waals surface area contributed by atoms with E-state index in [2.05, 4.69) is 0 Å². The Kier molecular flexibility index (Phi) is 5.14. The number of nitrogen functional groups attached to an aromatic ring is 1. The largest absolute Gasteiger partial charge is 0.464 e. The molecule has 0 aliphatic carbocycles. The van der Waals surface area contributed by atoms with Gasteiger partial charge in [-0.15, -0.1) is 0 Å². The molecule has 0 radical (unpaired) electrons. The van der Waals surface area contributed by atoms with Crippen LogP contribution in [0.1, 0.15) is 28.0 Å². The lowest BCUT2D eigenvalue weighted by Crippen LogP contribution is -2.37. The summed E-state index contributed by atoms with van der Waals surface area (Å²) in [6.07, 6.45) is 3.21. The molecule has 0 unspecified atom stereocenters. The normalized spacial score (nSPS) is 13.0. The number of anilines is 2. The molecule has 0 atom stereocenters. The van der Waals surface area contributed by atoms with E-state index in [4.69, 9.17) is 15.2 Å². The lowest BCUT2D eigenvalue weighted by molar-refractivity contribution is -0.122. The molecular weight excluding hydrogens is 348 g/mol. The monoisotopic (exact) mass is 368 g/mol. The number of carbonyl (C=O) groups is 2. The smallest absolute Gasteiger partial charge is 0.357 e. The van der Waals surface area contributed by atoms with E-state index < -0.39 is 5.97 Å². The first-order valence-electron chi connectivity index (χ1n) is 8.43. The third-order valence-electron chi connectivity index (χ3n) is 4.58. The average Bonchev–Trinajstić information content (AvgIpc) is 3.03. The molecule has 1 aliphatic heterocycles. The molecule has 0 saturated heterocycles. The second-order valence-electron chi connectivity index (χ2n) is 6.17. The topological polar surface area (TPSA) is 111 Å². The first-order chi connectivity index (χ1) is 13.0. The van der Waals surface area contributed by atoms with Crippen LogP contribution in [0, 0.1) is 11.3 Å². The van der Waals surface area contributed by atoms with Gasteiger partial charge in [0.25, 0.3) is 5.91 Å². The predicted octanol–water partition coefficient (Wildman–Crippen LogP) is 1.64. The number of fused-ring (bicyclic) bond motifs is 1. The fourth-order valence-corrected chi connectivity index (χ4v) is 3.29. The molecule has 27 heavy (non-hydrogen) atoms. The van der Waals surface area contributed by atoms with Crippen molar-refractivity contribution in [1.82, 2.24) is 4.57 Å². The predicted molar refractivity (Wildman–Crippen MR) is 98.8 cm³/mol. The van der Waals surface area contributed by atoms with Crippen molar-refractivity contribution in [2.75, 3.05) is 38.0 Å². The minimum absolute atomic E-state index is 0.00781. The molecule has 0 spiro atoms. The Morgan fingerprint density at radius 1 is 1.33 bits per heavy atom. The van der Waals surface area contributed by atoms with Gasteiger partial charge in [0, 0.05) is 31.2 Å². The van der Waals surface area contributed by atoms with Crippen molar-refractivity contribution in [2.45, 2.75) is 12.8 Å². The van der Waals surface area contributed by atoms with E-state index in [1.807, 2.05) is 24.3 Å². The molecule has 8 nitrogen and oxygen atoms in total. The van der Waals surface area contributed by atoms with Gasteiger partial charge in [-0.05, 0) is 30.5 Å². The lowest BCUT2D eigenvalue weighted by Gasteiger charge is -2.30. The van der Waals surface area contributed by atoms with Crippen LogP contribution in [0.2, 0.25) is 0 Å². The Labute approximate surface area is 156 Å². The first-order valence-corrected chi connectivity index (χ1v) is 8.43. The molecule has 0 fully saturated rings. The molecule has 0 bridgehead atoms. The Balaban J connectivity index is 2.13. The number of hydrogen-bond donors (Lipinski definition) is 1. The minimum Gasteiger partial charge on any atom is -0.464 e. The Bertz CT molecular complexity index is 942. The van der Waals surface area contributed by atoms with E-state index in [0.717, 1.165) is 24.1 Å². The van der Waals surface area contributed by atoms with Crippen LogP contribution in [0.4, 0.5) is 11.4 Å². The van der Waals surface area contributed by atoms with Gasteiger partial charge in [-0.3, -0.25) is 4.79 Å². The molecule has 1 aliphatic rings. The summed E-state index contributed by atoms with van der Waals surface area (Å²) in [5.74, 6) is -0.771. The first kappa shape index (κ1) is 18.5. The number of aryl methyl sites for hydroxylation is 1. The standard InChI is InChI=1S/C19H20N4O4/c1-26-11-16(24)22-7-3-4-12-5-6-14(8-15(12)22)23-10-13(9-20)17(21)18(23)19(25)27-2/h5-6,8,10H,3-4,7,11,21H2,1-2H3. The minimum atomic E-state index is -0.640. The number of nitrogens with two attached hydrogens (primary N) is 1. The van der Waals surface area contributed by atoms with Crippen molar-refractivity contribution in [3.05, 3.63) is 41.2 Å². The third-order valence-corrected chi connectivity index (χ3v) is 4.58. The number of nitrogens with zero attached hydrogens (tertiary/aromatic N) is 3. The van der Waals surface area contributed by atoms with Crippen LogP contribution in [0.25, 0.3) is 5.69 Å². The van der Waals surface area contributed by atoms with Crippen molar-refractivity contribution in [2.24, 2.45) is 0 Å². The number of carbonyl (C=O) groups excluding carboxylic acids is 2. The number of amides is 1. The Hall–Kier alpha value is -3.31. The van der Waals surface area contributed by atoms with Gasteiger partial charge in [0.1, 0.15) is 12.7 Å². The second-order valence-corrected chi connectivity index (χ2v) is 6.17. The molecule has 140 valence electrons. The Morgan fingerprint density at radius 3 is 2.78 bits per heavy atom. The van der Waals surface area contributed by atoms with Gasteiger partial charge in [0.15, 0.2) is 5.69 Å². The molecule has 0 saturated carbocycles. The van der Waals surface area contributed by atoms with Gasteiger partial charge >= 0.3 is 5.97 Å². The van der Waals surface area contributed by atoms with Gasteiger partial charge in [-0.1, -0.05) is 6.07 Å². The number of rotatable bonds is 4. The maximum Gasteiger partial charge on any atom is 0.357 e. The zero-order valence-corrected chi connectivity index (χ0v) is 15.2. The van der Waals surface area contributed by atoms with E-state index in [-0.39, 0.29) is 29.5 Å². The highest BCUT2D eigenvalue weighted by atomic mass is 16.5.